The standard InChI is InChI=1S/C18H20O3/c1-18-7-6-13-12-5-3-11(19)8-10(12)2-4-14(13)16(18)17(21)15(20)9-18/h3,5,8,13-14,19,21H,2,4,6-7,9H2,1H3/t13-,14-,18-/m1/s1. The predicted octanol–water partition coefficient (Wildman–Crippen LogP) is 3.62. The van der Waals surface area contributed by atoms with Crippen LogP contribution in [0.3, 0.4) is 0 Å². The van der Waals surface area contributed by atoms with Crippen LogP contribution in [-0.2, 0) is 11.2 Å². The number of hydrogen-bond donors (Lipinski definition) is 2. The Morgan fingerprint density at radius 3 is 2.81 bits per heavy atom. The third-order valence-electron chi connectivity index (χ3n) is 5.83. The molecule has 3 atom stereocenters. The molecule has 0 aromatic heterocycles. The zero-order valence-electron chi connectivity index (χ0n) is 12.2. The van der Waals surface area contributed by atoms with Crippen LogP contribution in [0.25, 0.3) is 0 Å². The Morgan fingerprint density at radius 2 is 2.00 bits per heavy atom. The summed E-state index contributed by atoms with van der Waals surface area (Å²) in [6.07, 6.45) is 4.36. The second-order valence-electron chi connectivity index (χ2n) is 7.10. The molecule has 0 saturated heterocycles. The number of aliphatic hydroxyl groups is 1. The second-order valence-corrected chi connectivity index (χ2v) is 7.10. The van der Waals surface area contributed by atoms with Crippen LogP contribution in [0.4, 0.5) is 0 Å². The molecule has 0 aliphatic heterocycles. The molecule has 3 nitrogen and oxygen atoms in total. The summed E-state index contributed by atoms with van der Waals surface area (Å²) in [6, 6.07) is 5.65. The van der Waals surface area contributed by atoms with Crippen LogP contribution in [0.5, 0.6) is 5.75 Å². The lowest BCUT2D eigenvalue weighted by atomic mass is 9.58. The number of allylic oxidation sites excluding steroid dienone is 2. The third-order valence-corrected chi connectivity index (χ3v) is 5.83. The number of ketones is 1. The maximum Gasteiger partial charge on any atom is 0.197 e. The average Bonchev–Trinajstić information content (AvgIpc) is 2.68. The zero-order chi connectivity index (χ0) is 14.8. The topological polar surface area (TPSA) is 57.5 Å². The molecular formula is C18H20O3. The first-order chi connectivity index (χ1) is 9.99. The quantitative estimate of drug-likeness (QED) is 0.765. The van der Waals surface area contributed by atoms with Crippen molar-refractivity contribution in [2.75, 3.05) is 0 Å². The molecular weight excluding hydrogens is 264 g/mol. The van der Waals surface area contributed by atoms with Crippen LogP contribution in [0.15, 0.2) is 29.5 Å². The summed E-state index contributed by atoms with van der Waals surface area (Å²) in [5.74, 6) is 0.961. The van der Waals surface area contributed by atoms with E-state index in [4.69, 9.17) is 0 Å². The van der Waals surface area contributed by atoms with Crippen molar-refractivity contribution in [2.24, 2.45) is 11.3 Å². The van der Waals surface area contributed by atoms with Crippen molar-refractivity contribution < 1.29 is 15.0 Å². The molecule has 3 aliphatic rings. The van der Waals surface area contributed by atoms with E-state index >= 15 is 0 Å². The Morgan fingerprint density at radius 1 is 1.19 bits per heavy atom. The van der Waals surface area contributed by atoms with Crippen LogP contribution < -0.4 is 0 Å². The largest absolute Gasteiger partial charge is 0.508 e. The lowest BCUT2D eigenvalue weighted by Crippen LogP contribution is -2.34. The monoisotopic (exact) mass is 284 g/mol. The highest BCUT2D eigenvalue weighted by molar-refractivity contribution is 5.97. The molecule has 0 bridgehead atoms. The number of fused-ring (bicyclic) bond motifs is 5. The lowest BCUT2D eigenvalue weighted by Gasteiger charge is -2.45. The smallest absolute Gasteiger partial charge is 0.197 e. The molecule has 1 fully saturated rings. The number of benzene rings is 1. The summed E-state index contributed by atoms with van der Waals surface area (Å²) in [5, 5.41) is 19.9. The molecule has 1 aromatic rings. The average molecular weight is 284 g/mol. The van der Waals surface area contributed by atoms with Gasteiger partial charge in [-0.2, -0.15) is 0 Å². The van der Waals surface area contributed by atoms with Crippen LogP contribution in [0.2, 0.25) is 0 Å². The zero-order valence-corrected chi connectivity index (χ0v) is 12.2. The molecule has 0 radical (unpaired) electrons. The molecule has 1 saturated carbocycles. The van der Waals surface area contributed by atoms with Crippen LogP contribution >= 0.6 is 0 Å². The van der Waals surface area contributed by atoms with E-state index < -0.39 is 0 Å². The Labute approximate surface area is 124 Å². The van der Waals surface area contributed by atoms with Crippen molar-refractivity contribution >= 4 is 5.78 Å². The molecule has 2 N–H and O–H groups in total. The van der Waals surface area contributed by atoms with Gasteiger partial charge >= 0.3 is 0 Å². The van der Waals surface area contributed by atoms with E-state index in [0.29, 0.717) is 18.1 Å². The van der Waals surface area contributed by atoms with Gasteiger partial charge in [-0.1, -0.05) is 13.0 Å². The minimum absolute atomic E-state index is 0.0504. The van der Waals surface area contributed by atoms with E-state index in [-0.39, 0.29) is 22.9 Å². The summed E-state index contributed by atoms with van der Waals surface area (Å²) in [4.78, 5) is 12.0. The molecule has 0 unspecified atom stereocenters. The minimum Gasteiger partial charge on any atom is -0.508 e. The minimum atomic E-state index is -0.128. The first kappa shape index (κ1) is 12.9. The number of hydrogen-bond acceptors (Lipinski definition) is 3. The third kappa shape index (κ3) is 1.69. The summed E-state index contributed by atoms with van der Waals surface area (Å²) >= 11 is 0. The first-order valence-corrected chi connectivity index (χ1v) is 7.78. The molecule has 0 amide bonds. The Bertz CT molecular complexity index is 673. The molecule has 21 heavy (non-hydrogen) atoms. The lowest BCUT2D eigenvalue weighted by molar-refractivity contribution is -0.118. The maximum atomic E-state index is 12.0. The number of aliphatic hydroxyl groups excluding tert-OH is 1. The van der Waals surface area contributed by atoms with E-state index in [0.717, 1.165) is 31.3 Å². The molecule has 4 rings (SSSR count). The Hall–Kier alpha value is -1.77. The molecule has 110 valence electrons. The van der Waals surface area contributed by atoms with Gasteiger partial charge < -0.3 is 10.2 Å². The van der Waals surface area contributed by atoms with E-state index in [9.17, 15) is 15.0 Å². The van der Waals surface area contributed by atoms with E-state index in [1.807, 2.05) is 12.1 Å². The molecule has 3 heteroatoms. The van der Waals surface area contributed by atoms with Crippen molar-refractivity contribution in [3.63, 3.8) is 0 Å². The van der Waals surface area contributed by atoms with Gasteiger partial charge in [-0.05, 0) is 66.4 Å². The number of aromatic hydroxyl groups is 1. The Balaban J connectivity index is 1.81. The maximum absolute atomic E-state index is 12.0. The van der Waals surface area contributed by atoms with Crippen LogP contribution in [-0.4, -0.2) is 16.0 Å². The highest BCUT2D eigenvalue weighted by atomic mass is 16.3. The van der Waals surface area contributed by atoms with Gasteiger partial charge in [0.15, 0.2) is 11.5 Å². The summed E-state index contributed by atoms with van der Waals surface area (Å²) in [5.41, 5.74) is 3.41. The number of phenolic OH excluding ortho intramolecular Hbond substituents is 1. The second kappa shape index (κ2) is 4.12. The van der Waals surface area contributed by atoms with E-state index in [2.05, 4.69) is 6.92 Å². The van der Waals surface area contributed by atoms with E-state index in [1.165, 1.54) is 11.1 Å². The molecule has 0 heterocycles. The fraction of sp³-hybridized carbons (Fsp3) is 0.500. The number of aryl methyl sites for hydroxylation is 1. The van der Waals surface area contributed by atoms with Crippen molar-refractivity contribution in [1.82, 2.24) is 0 Å². The molecule has 1 aromatic carbocycles. The summed E-state index contributed by atoms with van der Waals surface area (Å²) in [6.45, 7) is 2.13. The number of carbonyl (C=O) groups is 1. The normalized spacial score (nSPS) is 34.4. The summed E-state index contributed by atoms with van der Waals surface area (Å²) in [7, 11) is 0. The molecule has 3 aliphatic carbocycles. The van der Waals surface area contributed by atoms with Crippen molar-refractivity contribution in [3.05, 3.63) is 40.7 Å². The van der Waals surface area contributed by atoms with Gasteiger partial charge in [-0.25, -0.2) is 0 Å². The fourth-order valence-corrected chi connectivity index (χ4v) is 4.89. The molecule has 0 spiro atoms. The van der Waals surface area contributed by atoms with Gasteiger partial charge in [0.1, 0.15) is 5.75 Å². The highest BCUT2D eigenvalue weighted by Gasteiger charge is 2.51. The van der Waals surface area contributed by atoms with Gasteiger partial charge in [-0.15, -0.1) is 0 Å². The highest BCUT2D eigenvalue weighted by Crippen LogP contribution is 2.59. The van der Waals surface area contributed by atoms with Crippen molar-refractivity contribution in [2.45, 2.75) is 44.9 Å². The number of carbonyl (C=O) groups excluding carboxylic acids is 1. The van der Waals surface area contributed by atoms with Crippen molar-refractivity contribution in [3.8, 4) is 5.75 Å². The van der Waals surface area contributed by atoms with Crippen LogP contribution in [0.1, 0.15) is 49.7 Å². The Kier molecular flexibility index (Phi) is 2.54. The van der Waals surface area contributed by atoms with Gasteiger partial charge in [0.25, 0.3) is 0 Å². The summed E-state index contributed by atoms with van der Waals surface area (Å²) < 4.78 is 0. The predicted molar refractivity (Wildman–Crippen MR) is 79.3 cm³/mol. The van der Waals surface area contributed by atoms with Crippen molar-refractivity contribution in [1.29, 1.82) is 0 Å². The van der Waals surface area contributed by atoms with Gasteiger partial charge in [0, 0.05) is 11.8 Å². The van der Waals surface area contributed by atoms with Gasteiger partial charge in [-0.3, -0.25) is 4.79 Å². The number of Topliss-reactive ketones (excluding diaryl/α,β-unsaturated/α-hetero) is 1. The number of phenols is 1. The number of rotatable bonds is 0. The first-order valence-electron chi connectivity index (χ1n) is 7.78. The van der Waals surface area contributed by atoms with Crippen LogP contribution in [0, 0.1) is 11.3 Å². The fourth-order valence-electron chi connectivity index (χ4n) is 4.89. The van der Waals surface area contributed by atoms with E-state index in [1.54, 1.807) is 6.07 Å². The van der Waals surface area contributed by atoms with Gasteiger partial charge in [0.2, 0.25) is 0 Å². The SMILES string of the molecule is C[C@]12CC[C@@H]3c4ccc(O)cc4CC[C@H]3C1=C(O)C(=O)C2. The van der Waals surface area contributed by atoms with Gasteiger partial charge in [0.05, 0.1) is 0 Å².